The third-order valence-electron chi connectivity index (χ3n) is 5.73. The van der Waals surface area contributed by atoms with E-state index in [4.69, 9.17) is 4.74 Å². The summed E-state index contributed by atoms with van der Waals surface area (Å²) in [5, 5.41) is 4.14. The van der Waals surface area contributed by atoms with E-state index in [1.165, 1.54) is 22.8 Å². The zero-order valence-electron chi connectivity index (χ0n) is 18.5. The number of benzene rings is 1. The second kappa shape index (κ2) is 8.84. The van der Waals surface area contributed by atoms with Crippen molar-refractivity contribution in [3.05, 3.63) is 57.0 Å². The van der Waals surface area contributed by atoms with E-state index >= 15 is 0 Å². The van der Waals surface area contributed by atoms with Gasteiger partial charge in [0.1, 0.15) is 6.67 Å². The summed E-state index contributed by atoms with van der Waals surface area (Å²) in [6, 6.07) is 3.99. The molecule has 0 atom stereocenters. The van der Waals surface area contributed by atoms with Crippen molar-refractivity contribution >= 4 is 20.9 Å². The third kappa shape index (κ3) is 4.63. The lowest BCUT2D eigenvalue weighted by atomic mass is 10.2. The van der Waals surface area contributed by atoms with Gasteiger partial charge in [-0.3, -0.25) is 18.6 Å². The number of sulfonamides is 1. The standard InChI is InChI=1S/C21H26FN5O5S/c1-3-32-9-8-26-18-5-4-16(33(30,31)24-21(14-22)6-7-21)10-17(18)19(28)27(20(26)29)13-15-11-23-25(2)12-15/h4-5,10-12,24H,3,6-9,13-14H2,1-2H3. The van der Waals surface area contributed by atoms with Crippen LogP contribution < -0.4 is 16.0 Å². The van der Waals surface area contributed by atoms with Gasteiger partial charge >= 0.3 is 5.69 Å². The van der Waals surface area contributed by atoms with Crippen molar-refractivity contribution in [2.45, 2.75) is 43.3 Å². The normalized spacial score (nSPS) is 15.2. The van der Waals surface area contributed by atoms with Gasteiger partial charge in [-0.2, -0.15) is 5.10 Å². The number of aromatic nitrogens is 4. The fourth-order valence-corrected chi connectivity index (χ4v) is 5.19. The largest absolute Gasteiger partial charge is 0.380 e. The van der Waals surface area contributed by atoms with Crippen LogP contribution in [0.2, 0.25) is 0 Å². The number of fused-ring (bicyclic) bond motifs is 1. The van der Waals surface area contributed by atoms with Gasteiger partial charge in [-0.25, -0.2) is 22.3 Å². The van der Waals surface area contributed by atoms with Crippen LogP contribution in [0.25, 0.3) is 10.9 Å². The van der Waals surface area contributed by atoms with Crippen LogP contribution in [0.1, 0.15) is 25.3 Å². The van der Waals surface area contributed by atoms with E-state index in [0.29, 0.717) is 30.5 Å². The van der Waals surface area contributed by atoms with Gasteiger partial charge in [0.25, 0.3) is 5.56 Å². The first-order valence-electron chi connectivity index (χ1n) is 10.6. The number of hydrogen-bond donors (Lipinski definition) is 1. The summed E-state index contributed by atoms with van der Waals surface area (Å²) >= 11 is 0. The van der Waals surface area contributed by atoms with Gasteiger partial charge in [0, 0.05) is 25.4 Å². The lowest BCUT2D eigenvalue weighted by Crippen LogP contribution is -2.41. The summed E-state index contributed by atoms with van der Waals surface area (Å²) in [5.74, 6) is 0. The molecule has 2 aromatic heterocycles. The molecule has 1 fully saturated rings. The van der Waals surface area contributed by atoms with Crippen molar-refractivity contribution in [1.82, 2.24) is 23.6 Å². The van der Waals surface area contributed by atoms with Crippen molar-refractivity contribution in [3.8, 4) is 0 Å². The molecule has 2 heterocycles. The molecule has 0 radical (unpaired) electrons. The fraction of sp³-hybridized carbons (Fsp3) is 0.476. The van der Waals surface area contributed by atoms with Crippen molar-refractivity contribution in [3.63, 3.8) is 0 Å². The molecule has 0 amide bonds. The summed E-state index contributed by atoms with van der Waals surface area (Å²) in [6.45, 7) is 1.92. The Morgan fingerprint density at radius 3 is 2.61 bits per heavy atom. The maximum absolute atomic E-state index is 13.3. The number of rotatable bonds is 10. The number of hydrogen-bond acceptors (Lipinski definition) is 6. The fourth-order valence-electron chi connectivity index (χ4n) is 3.72. The molecule has 0 spiro atoms. The molecule has 1 aromatic carbocycles. The van der Waals surface area contributed by atoms with Gasteiger partial charge in [-0.05, 0) is 38.0 Å². The highest BCUT2D eigenvalue weighted by molar-refractivity contribution is 7.89. The highest BCUT2D eigenvalue weighted by atomic mass is 32.2. The van der Waals surface area contributed by atoms with Crippen LogP contribution in [0.15, 0.2) is 45.1 Å². The Labute approximate surface area is 189 Å². The topological polar surface area (TPSA) is 117 Å². The number of halogens is 1. The second-order valence-electron chi connectivity index (χ2n) is 8.24. The molecule has 1 aliphatic carbocycles. The summed E-state index contributed by atoms with van der Waals surface area (Å²) in [7, 11) is -2.33. The number of ether oxygens (including phenoxy) is 1. The van der Waals surface area contributed by atoms with E-state index in [2.05, 4.69) is 9.82 Å². The molecular formula is C21H26FN5O5S. The average molecular weight is 480 g/mol. The van der Waals surface area contributed by atoms with Crippen LogP contribution in [-0.2, 0) is 34.9 Å². The molecule has 0 bridgehead atoms. The lowest BCUT2D eigenvalue weighted by molar-refractivity contribution is 0.138. The summed E-state index contributed by atoms with van der Waals surface area (Å²) in [5.41, 5.74) is -1.26. The molecule has 4 rings (SSSR count). The third-order valence-corrected chi connectivity index (χ3v) is 7.31. The molecule has 1 N–H and O–H groups in total. The molecular weight excluding hydrogens is 453 g/mol. The van der Waals surface area contributed by atoms with E-state index in [1.807, 2.05) is 6.92 Å². The van der Waals surface area contributed by atoms with Crippen molar-refractivity contribution < 1.29 is 17.5 Å². The molecule has 0 saturated heterocycles. The van der Waals surface area contributed by atoms with E-state index in [0.717, 1.165) is 4.57 Å². The van der Waals surface area contributed by atoms with Crippen LogP contribution in [0, 0.1) is 0 Å². The zero-order valence-corrected chi connectivity index (χ0v) is 19.3. The lowest BCUT2D eigenvalue weighted by Gasteiger charge is -2.16. The number of nitrogens with one attached hydrogen (secondary N) is 1. The van der Waals surface area contributed by atoms with Crippen LogP contribution in [0.3, 0.4) is 0 Å². The zero-order chi connectivity index (χ0) is 23.8. The highest BCUT2D eigenvalue weighted by Gasteiger charge is 2.46. The van der Waals surface area contributed by atoms with E-state index < -0.39 is 33.5 Å². The quantitative estimate of drug-likeness (QED) is 0.429. The smallest absolute Gasteiger partial charge is 0.331 e. The Morgan fingerprint density at radius 2 is 2.00 bits per heavy atom. The monoisotopic (exact) mass is 479 g/mol. The Kier molecular flexibility index (Phi) is 6.25. The van der Waals surface area contributed by atoms with Gasteiger partial charge in [0.2, 0.25) is 10.0 Å². The summed E-state index contributed by atoms with van der Waals surface area (Å²) in [6.07, 6.45) is 4.09. The van der Waals surface area contributed by atoms with E-state index in [9.17, 15) is 22.4 Å². The van der Waals surface area contributed by atoms with Gasteiger partial charge in [-0.15, -0.1) is 0 Å². The first kappa shape index (κ1) is 23.3. The molecule has 3 aromatic rings. The Morgan fingerprint density at radius 1 is 1.24 bits per heavy atom. The molecule has 1 aliphatic rings. The number of nitrogens with zero attached hydrogens (tertiary/aromatic N) is 4. The van der Waals surface area contributed by atoms with Gasteiger partial charge in [-0.1, -0.05) is 0 Å². The Bertz CT molecular complexity index is 1400. The number of alkyl halides is 1. The Balaban J connectivity index is 1.85. The maximum atomic E-state index is 13.3. The molecule has 10 nitrogen and oxygen atoms in total. The molecule has 1 saturated carbocycles. The molecule has 0 aliphatic heterocycles. The minimum atomic E-state index is -4.05. The SMILES string of the molecule is CCOCCn1c(=O)n(Cc2cnn(C)c2)c(=O)c2cc(S(=O)(=O)NC3(CF)CC3)ccc21. The van der Waals surface area contributed by atoms with Crippen molar-refractivity contribution in [1.29, 1.82) is 0 Å². The minimum absolute atomic E-state index is 0.0176. The van der Waals surface area contributed by atoms with Gasteiger partial charge in [0.05, 0.1) is 47.2 Å². The summed E-state index contributed by atoms with van der Waals surface area (Å²) in [4.78, 5) is 26.3. The van der Waals surface area contributed by atoms with Crippen molar-refractivity contribution in [2.24, 2.45) is 7.05 Å². The molecule has 178 valence electrons. The Hall–Kier alpha value is -2.83. The first-order chi connectivity index (χ1) is 15.7. The molecule has 33 heavy (non-hydrogen) atoms. The van der Waals surface area contributed by atoms with Crippen LogP contribution in [-0.4, -0.2) is 52.8 Å². The van der Waals surface area contributed by atoms with E-state index in [-0.39, 0.29) is 30.0 Å². The molecule has 0 unspecified atom stereocenters. The highest BCUT2D eigenvalue weighted by Crippen LogP contribution is 2.37. The number of aryl methyl sites for hydroxylation is 1. The summed E-state index contributed by atoms with van der Waals surface area (Å²) < 4.78 is 50.8. The van der Waals surface area contributed by atoms with Crippen molar-refractivity contribution in [2.75, 3.05) is 19.9 Å². The first-order valence-corrected chi connectivity index (χ1v) is 12.1. The second-order valence-corrected chi connectivity index (χ2v) is 9.93. The predicted octanol–water partition coefficient (Wildman–Crippen LogP) is 0.762. The van der Waals surface area contributed by atoms with Crippen LogP contribution >= 0.6 is 0 Å². The minimum Gasteiger partial charge on any atom is -0.380 e. The van der Waals surface area contributed by atoms with Gasteiger partial charge < -0.3 is 4.74 Å². The van der Waals surface area contributed by atoms with E-state index in [1.54, 1.807) is 24.1 Å². The maximum Gasteiger partial charge on any atom is 0.331 e. The molecule has 12 heteroatoms. The van der Waals surface area contributed by atoms with Gasteiger partial charge in [0.15, 0.2) is 0 Å². The predicted molar refractivity (Wildman–Crippen MR) is 120 cm³/mol. The van der Waals surface area contributed by atoms with Crippen LogP contribution in [0.4, 0.5) is 4.39 Å². The average Bonchev–Trinajstić information content (AvgIpc) is 3.43. The van der Waals surface area contributed by atoms with Crippen LogP contribution in [0.5, 0.6) is 0 Å².